The van der Waals surface area contributed by atoms with E-state index >= 15 is 0 Å². The number of aromatic nitrogens is 2. The van der Waals surface area contributed by atoms with E-state index in [1.165, 1.54) is 0 Å². The number of hydrogen-bond donors (Lipinski definition) is 0. The summed E-state index contributed by atoms with van der Waals surface area (Å²) in [7, 11) is 0. The number of likely N-dealkylation sites (tertiary alicyclic amines) is 1. The van der Waals surface area contributed by atoms with E-state index in [1.54, 1.807) is 16.7 Å². The minimum Gasteiger partial charge on any atom is -0.336 e. The highest BCUT2D eigenvalue weighted by Crippen LogP contribution is 2.21. The second-order valence-electron chi connectivity index (χ2n) is 5.69. The Morgan fingerprint density at radius 3 is 3.05 bits per heavy atom. The predicted octanol–water partition coefficient (Wildman–Crippen LogP) is 0.715. The Morgan fingerprint density at radius 1 is 1.52 bits per heavy atom. The number of thioether (sulfide) groups is 1. The molecule has 114 valence electrons. The molecule has 0 unspecified atom stereocenters. The molecule has 3 heterocycles. The molecule has 1 atom stereocenters. The molecule has 0 aliphatic carbocycles. The topological polar surface area (TPSA) is 58.4 Å². The lowest BCUT2D eigenvalue weighted by molar-refractivity contribution is -0.138. The quantitative estimate of drug-likeness (QED) is 0.822. The first-order valence-corrected chi connectivity index (χ1v) is 8.43. The molecule has 0 spiro atoms. The maximum absolute atomic E-state index is 12.4. The van der Waals surface area contributed by atoms with E-state index < -0.39 is 0 Å². The zero-order valence-corrected chi connectivity index (χ0v) is 13.0. The number of aryl methyl sites for hydroxylation is 1. The molecule has 2 fully saturated rings. The van der Waals surface area contributed by atoms with Crippen molar-refractivity contribution in [3.05, 3.63) is 18.0 Å². The van der Waals surface area contributed by atoms with Crippen LogP contribution >= 0.6 is 11.8 Å². The summed E-state index contributed by atoms with van der Waals surface area (Å²) < 4.78 is 1.91. The van der Waals surface area contributed by atoms with Crippen LogP contribution in [0.2, 0.25) is 0 Å². The van der Waals surface area contributed by atoms with Crippen LogP contribution in [0.4, 0.5) is 0 Å². The Balaban J connectivity index is 1.60. The van der Waals surface area contributed by atoms with E-state index in [2.05, 4.69) is 5.10 Å². The lowest BCUT2D eigenvalue weighted by Gasteiger charge is -2.26. The third-order valence-electron chi connectivity index (χ3n) is 4.01. The first kappa shape index (κ1) is 14.4. The lowest BCUT2D eigenvalue weighted by Crippen LogP contribution is -2.44. The van der Waals surface area contributed by atoms with E-state index in [4.69, 9.17) is 0 Å². The fraction of sp³-hybridized carbons (Fsp3) is 0.643. The summed E-state index contributed by atoms with van der Waals surface area (Å²) in [6.07, 6.45) is 5.87. The fourth-order valence-electron chi connectivity index (χ4n) is 2.93. The van der Waals surface area contributed by atoms with E-state index in [-0.39, 0.29) is 24.4 Å². The Bertz CT molecular complexity index is 545. The minimum absolute atomic E-state index is 0.0669. The molecule has 2 amide bonds. The fourth-order valence-corrected chi connectivity index (χ4v) is 3.84. The third kappa shape index (κ3) is 3.23. The molecule has 1 aromatic heterocycles. The number of rotatable bonds is 4. The summed E-state index contributed by atoms with van der Waals surface area (Å²) in [5.74, 6) is 1.29. The van der Waals surface area contributed by atoms with Crippen LogP contribution in [0.15, 0.2) is 12.4 Å². The van der Waals surface area contributed by atoms with Gasteiger partial charge in [-0.3, -0.25) is 14.3 Å². The summed E-state index contributed by atoms with van der Waals surface area (Å²) >= 11 is 1.57. The minimum atomic E-state index is 0.0669. The second kappa shape index (κ2) is 6.09. The van der Waals surface area contributed by atoms with Crippen LogP contribution < -0.4 is 0 Å². The van der Waals surface area contributed by atoms with Gasteiger partial charge < -0.3 is 9.80 Å². The van der Waals surface area contributed by atoms with E-state index in [9.17, 15) is 9.59 Å². The van der Waals surface area contributed by atoms with Gasteiger partial charge in [0.2, 0.25) is 11.8 Å². The van der Waals surface area contributed by atoms with Crippen LogP contribution in [0.25, 0.3) is 0 Å². The van der Waals surface area contributed by atoms with E-state index in [0.29, 0.717) is 11.6 Å². The van der Waals surface area contributed by atoms with Crippen LogP contribution in [0, 0.1) is 6.92 Å². The van der Waals surface area contributed by atoms with Crippen LogP contribution in [0.3, 0.4) is 0 Å². The molecular weight excluding hydrogens is 288 g/mol. The van der Waals surface area contributed by atoms with Gasteiger partial charge in [0.15, 0.2) is 0 Å². The average molecular weight is 308 g/mol. The van der Waals surface area contributed by atoms with Crippen LogP contribution in [0.1, 0.15) is 18.4 Å². The molecular formula is C14H20N4O2S. The lowest BCUT2D eigenvalue weighted by atomic mass is 10.2. The van der Waals surface area contributed by atoms with Gasteiger partial charge in [-0.1, -0.05) is 0 Å². The van der Waals surface area contributed by atoms with Gasteiger partial charge in [0.1, 0.15) is 6.54 Å². The molecule has 7 heteroatoms. The summed E-state index contributed by atoms with van der Waals surface area (Å²) in [4.78, 5) is 27.6. The van der Waals surface area contributed by atoms with Crippen molar-refractivity contribution in [3.63, 3.8) is 0 Å². The smallest absolute Gasteiger partial charge is 0.242 e. The van der Waals surface area contributed by atoms with E-state index in [1.807, 2.05) is 28.9 Å². The summed E-state index contributed by atoms with van der Waals surface area (Å²) in [6, 6.07) is 0.196. The van der Waals surface area contributed by atoms with Gasteiger partial charge in [-0.2, -0.15) is 5.10 Å². The van der Waals surface area contributed by atoms with Gasteiger partial charge in [-0.05, 0) is 25.3 Å². The third-order valence-corrected chi connectivity index (χ3v) is 4.95. The second-order valence-corrected chi connectivity index (χ2v) is 6.65. The Morgan fingerprint density at radius 2 is 2.38 bits per heavy atom. The largest absolute Gasteiger partial charge is 0.336 e. The van der Waals surface area contributed by atoms with Crippen molar-refractivity contribution in [2.75, 3.05) is 24.7 Å². The molecule has 0 bridgehead atoms. The first-order valence-electron chi connectivity index (χ1n) is 7.27. The van der Waals surface area contributed by atoms with Gasteiger partial charge in [0.05, 0.1) is 30.4 Å². The Kier molecular flexibility index (Phi) is 4.19. The molecule has 0 N–H and O–H groups in total. The zero-order valence-electron chi connectivity index (χ0n) is 12.2. The van der Waals surface area contributed by atoms with Crippen LogP contribution in [0.5, 0.6) is 0 Å². The maximum Gasteiger partial charge on any atom is 0.242 e. The van der Waals surface area contributed by atoms with Crippen LogP contribution in [-0.2, 0) is 16.1 Å². The molecule has 2 saturated heterocycles. The molecule has 0 radical (unpaired) electrons. The predicted molar refractivity (Wildman–Crippen MR) is 80.7 cm³/mol. The monoisotopic (exact) mass is 308 g/mol. The molecule has 2 aliphatic rings. The van der Waals surface area contributed by atoms with Crippen molar-refractivity contribution in [1.29, 1.82) is 0 Å². The van der Waals surface area contributed by atoms with Crippen molar-refractivity contribution in [3.8, 4) is 0 Å². The average Bonchev–Trinajstić information content (AvgIpc) is 3.14. The van der Waals surface area contributed by atoms with Crippen molar-refractivity contribution < 1.29 is 9.59 Å². The summed E-state index contributed by atoms with van der Waals surface area (Å²) in [5.41, 5.74) is 1.13. The highest BCUT2D eigenvalue weighted by Gasteiger charge is 2.32. The highest BCUT2D eigenvalue weighted by atomic mass is 32.2. The van der Waals surface area contributed by atoms with Crippen molar-refractivity contribution in [1.82, 2.24) is 19.6 Å². The van der Waals surface area contributed by atoms with Gasteiger partial charge >= 0.3 is 0 Å². The molecule has 3 rings (SSSR count). The van der Waals surface area contributed by atoms with Crippen molar-refractivity contribution >= 4 is 23.6 Å². The molecule has 6 nitrogen and oxygen atoms in total. The van der Waals surface area contributed by atoms with Crippen molar-refractivity contribution in [2.45, 2.75) is 32.4 Å². The Labute approximate surface area is 128 Å². The summed E-state index contributed by atoms with van der Waals surface area (Å²) in [5, 5.41) is 4.30. The van der Waals surface area contributed by atoms with Gasteiger partial charge in [0, 0.05) is 12.7 Å². The van der Waals surface area contributed by atoms with Gasteiger partial charge in [0.25, 0.3) is 0 Å². The number of nitrogens with zero attached hydrogens (tertiary/aromatic N) is 4. The van der Waals surface area contributed by atoms with Crippen molar-refractivity contribution in [2.24, 2.45) is 0 Å². The zero-order chi connectivity index (χ0) is 14.8. The van der Waals surface area contributed by atoms with Crippen LogP contribution in [-0.4, -0.2) is 62.2 Å². The van der Waals surface area contributed by atoms with Gasteiger partial charge in [-0.25, -0.2) is 0 Å². The SMILES string of the molecule is Cc1cnn(C[C@H]2CCCN2C(=O)CN2CSCC2=O)c1. The maximum atomic E-state index is 12.4. The van der Waals surface area contributed by atoms with Gasteiger partial charge in [-0.15, -0.1) is 11.8 Å². The molecule has 21 heavy (non-hydrogen) atoms. The Hall–Kier alpha value is -1.50. The number of amides is 2. The molecule has 2 aliphatic heterocycles. The molecule has 1 aromatic rings. The summed E-state index contributed by atoms with van der Waals surface area (Å²) in [6.45, 7) is 3.76. The molecule has 0 saturated carbocycles. The highest BCUT2D eigenvalue weighted by molar-refractivity contribution is 8.00. The van der Waals surface area contributed by atoms with E-state index in [0.717, 1.165) is 31.5 Å². The first-order chi connectivity index (χ1) is 10.1. The standard InChI is InChI=1S/C14H20N4O2S/c1-11-5-15-17(6-11)7-12-3-2-4-18(12)13(19)8-16-10-21-9-14(16)20/h5-6,12H,2-4,7-10H2,1H3/t12-/m1/s1. The normalized spacial score (nSPS) is 22.3. The molecule has 0 aromatic carbocycles. The number of hydrogen-bond acceptors (Lipinski definition) is 4. The number of carbonyl (C=O) groups is 2. The number of carbonyl (C=O) groups excluding carboxylic acids is 2.